The summed E-state index contributed by atoms with van der Waals surface area (Å²) in [6.45, 7) is 7.54. The van der Waals surface area contributed by atoms with Crippen molar-refractivity contribution in [1.29, 1.82) is 0 Å². The molecule has 0 aromatic rings. The molecule has 60 valence electrons. The molecule has 10 heavy (non-hydrogen) atoms. The summed E-state index contributed by atoms with van der Waals surface area (Å²) in [4.78, 5) is 0. The van der Waals surface area contributed by atoms with Crippen LogP contribution in [-0.2, 0) is 0 Å². The lowest BCUT2D eigenvalue weighted by molar-refractivity contribution is 0.334. The van der Waals surface area contributed by atoms with Crippen LogP contribution in [0, 0.1) is 0 Å². The van der Waals surface area contributed by atoms with E-state index >= 15 is 0 Å². The minimum Gasteiger partial charge on any atom is -0.248 e. The summed E-state index contributed by atoms with van der Waals surface area (Å²) in [7, 11) is 0. The van der Waals surface area contributed by atoms with Crippen molar-refractivity contribution < 1.29 is 4.39 Å². The van der Waals surface area contributed by atoms with Crippen molar-refractivity contribution in [1.82, 2.24) is 0 Å². The highest BCUT2D eigenvalue weighted by Gasteiger charge is 1.97. The van der Waals surface area contributed by atoms with Gasteiger partial charge in [0.2, 0.25) is 0 Å². The Kier molecular flexibility index (Phi) is 5.27. The highest BCUT2D eigenvalue weighted by Crippen LogP contribution is 2.10. The molecule has 0 aromatic carbocycles. The van der Waals surface area contributed by atoms with Gasteiger partial charge < -0.3 is 0 Å². The number of hydrogen-bond donors (Lipinski definition) is 0. The molecule has 1 unspecified atom stereocenters. The van der Waals surface area contributed by atoms with E-state index in [1.807, 2.05) is 0 Å². The summed E-state index contributed by atoms with van der Waals surface area (Å²) in [6.07, 6.45) is 3.00. The van der Waals surface area contributed by atoms with E-state index in [0.29, 0.717) is 6.42 Å². The van der Waals surface area contributed by atoms with Gasteiger partial charge in [-0.05, 0) is 32.6 Å². The summed E-state index contributed by atoms with van der Waals surface area (Å²) in [5, 5.41) is 0. The zero-order valence-corrected chi connectivity index (χ0v) is 6.99. The van der Waals surface area contributed by atoms with Crippen molar-refractivity contribution >= 4 is 0 Å². The van der Waals surface area contributed by atoms with Crippen LogP contribution in [0.1, 0.15) is 39.5 Å². The number of allylic oxidation sites excluding steroid dienone is 1. The third-order valence-electron chi connectivity index (χ3n) is 1.63. The molecular weight excluding hydrogens is 127 g/mol. The predicted octanol–water partition coefficient (Wildman–Crippen LogP) is 3.48. The fourth-order valence-corrected chi connectivity index (χ4v) is 0.810. The van der Waals surface area contributed by atoms with Crippen molar-refractivity contribution in [3.05, 3.63) is 12.2 Å². The van der Waals surface area contributed by atoms with Crippen LogP contribution in [0.3, 0.4) is 0 Å². The molecule has 1 heteroatoms. The van der Waals surface area contributed by atoms with Crippen molar-refractivity contribution in [2.45, 2.75) is 45.7 Å². The Morgan fingerprint density at radius 1 is 1.60 bits per heavy atom. The van der Waals surface area contributed by atoms with E-state index in [2.05, 4.69) is 13.5 Å². The molecule has 0 aromatic heterocycles. The van der Waals surface area contributed by atoms with Gasteiger partial charge in [0.15, 0.2) is 0 Å². The van der Waals surface area contributed by atoms with Gasteiger partial charge in [-0.3, -0.25) is 0 Å². The minimum atomic E-state index is -0.648. The van der Waals surface area contributed by atoms with Gasteiger partial charge >= 0.3 is 0 Å². The van der Waals surface area contributed by atoms with Crippen LogP contribution < -0.4 is 0 Å². The Balaban J connectivity index is 3.12. The lowest BCUT2D eigenvalue weighted by Gasteiger charge is -2.02. The third-order valence-corrected chi connectivity index (χ3v) is 1.63. The predicted molar refractivity (Wildman–Crippen MR) is 43.9 cm³/mol. The third kappa shape index (κ3) is 5.80. The maximum absolute atomic E-state index is 12.2. The zero-order valence-electron chi connectivity index (χ0n) is 6.99. The van der Waals surface area contributed by atoms with Crippen LogP contribution in [0.2, 0.25) is 0 Å². The first kappa shape index (κ1) is 9.67. The van der Waals surface area contributed by atoms with Gasteiger partial charge in [-0.15, -0.1) is 0 Å². The highest BCUT2D eigenvalue weighted by molar-refractivity contribution is 4.91. The fourth-order valence-electron chi connectivity index (χ4n) is 0.810. The van der Waals surface area contributed by atoms with Gasteiger partial charge in [-0.2, -0.15) is 0 Å². The van der Waals surface area contributed by atoms with E-state index in [9.17, 15) is 4.39 Å². The second-order valence-corrected chi connectivity index (χ2v) is 2.78. The first-order chi connectivity index (χ1) is 4.66. The monoisotopic (exact) mass is 144 g/mol. The largest absolute Gasteiger partial charge is 0.248 e. The lowest BCUT2D eigenvalue weighted by Crippen LogP contribution is -1.91. The molecular formula is C9H17F. The molecule has 0 heterocycles. The van der Waals surface area contributed by atoms with Crippen LogP contribution in [0.5, 0.6) is 0 Å². The molecule has 0 spiro atoms. The highest BCUT2D eigenvalue weighted by atomic mass is 19.1. The smallest absolute Gasteiger partial charge is 0.0973 e. The van der Waals surface area contributed by atoms with Crippen molar-refractivity contribution in [2.24, 2.45) is 0 Å². The second kappa shape index (κ2) is 5.45. The van der Waals surface area contributed by atoms with E-state index in [4.69, 9.17) is 0 Å². The molecule has 0 amide bonds. The van der Waals surface area contributed by atoms with Crippen LogP contribution in [0.15, 0.2) is 12.2 Å². The molecule has 0 aliphatic rings. The molecule has 0 fully saturated rings. The fraction of sp³-hybridized carbons (Fsp3) is 0.778. The second-order valence-electron chi connectivity index (χ2n) is 2.78. The van der Waals surface area contributed by atoms with Crippen molar-refractivity contribution in [3.63, 3.8) is 0 Å². The summed E-state index contributed by atoms with van der Waals surface area (Å²) >= 11 is 0. The van der Waals surface area contributed by atoms with E-state index in [1.165, 1.54) is 5.57 Å². The Morgan fingerprint density at radius 3 is 2.60 bits per heavy atom. The summed E-state index contributed by atoms with van der Waals surface area (Å²) in [5.41, 5.74) is 1.24. The number of halogens is 1. The quantitative estimate of drug-likeness (QED) is 0.518. The first-order valence-electron chi connectivity index (χ1n) is 3.97. The van der Waals surface area contributed by atoms with Crippen molar-refractivity contribution in [3.8, 4) is 0 Å². The number of hydrogen-bond acceptors (Lipinski definition) is 0. The Morgan fingerprint density at radius 2 is 2.20 bits per heavy atom. The molecule has 0 saturated carbocycles. The van der Waals surface area contributed by atoms with Gasteiger partial charge in [0.1, 0.15) is 0 Å². The standard InChI is InChI=1S/C9H17F/c1-4-8(2)6-5-7-9(3)10/h9H,2,4-7H2,1,3H3. The van der Waals surface area contributed by atoms with Gasteiger partial charge in [0.05, 0.1) is 6.17 Å². The average molecular weight is 144 g/mol. The van der Waals surface area contributed by atoms with Gasteiger partial charge in [0, 0.05) is 0 Å². The molecule has 0 aliphatic carbocycles. The number of alkyl halides is 1. The first-order valence-corrected chi connectivity index (χ1v) is 3.97. The molecule has 0 aliphatic heterocycles. The van der Waals surface area contributed by atoms with Crippen LogP contribution >= 0.6 is 0 Å². The lowest BCUT2D eigenvalue weighted by atomic mass is 10.1. The topological polar surface area (TPSA) is 0 Å². The molecule has 1 atom stereocenters. The maximum Gasteiger partial charge on any atom is 0.0973 e. The van der Waals surface area contributed by atoms with E-state index in [1.54, 1.807) is 6.92 Å². The molecule has 0 rings (SSSR count). The molecule has 0 nitrogen and oxygen atoms in total. The summed E-state index contributed by atoms with van der Waals surface area (Å²) < 4.78 is 12.2. The minimum absolute atomic E-state index is 0.648. The van der Waals surface area contributed by atoms with Crippen LogP contribution in [0.4, 0.5) is 4.39 Å². The molecule has 0 bridgehead atoms. The average Bonchev–Trinajstić information content (AvgIpc) is 1.87. The van der Waals surface area contributed by atoms with Crippen LogP contribution in [-0.4, -0.2) is 6.17 Å². The number of rotatable bonds is 5. The zero-order chi connectivity index (χ0) is 7.98. The Labute approximate surface area is 63.1 Å². The summed E-state index contributed by atoms with van der Waals surface area (Å²) in [6, 6.07) is 0. The van der Waals surface area contributed by atoms with E-state index in [-0.39, 0.29) is 0 Å². The maximum atomic E-state index is 12.2. The summed E-state index contributed by atoms with van der Waals surface area (Å²) in [5.74, 6) is 0. The molecule has 0 saturated heterocycles. The molecule has 0 radical (unpaired) electrons. The Bertz CT molecular complexity index is 94.9. The van der Waals surface area contributed by atoms with Gasteiger partial charge in [-0.25, -0.2) is 4.39 Å². The Hall–Kier alpha value is -0.330. The van der Waals surface area contributed by atoms with Crippen molar-refractivity contribution in [2.75, 3.05) is 0 Å². The van der Waals surface area contributed by atoms with Crippen LogP contribution in [0.25, 0.3) is 0 Å². The van der Waals surface area contributed by atoms with E-state index < -0.39 is 6.17 Å². The SMILES string of the molecule is C=C(CC)CCCC(C)F. The van der Waals surface area contributed by atoms with Gasteiger partial charge in [0.25, 0.3) is 0 Å². The molecule has 0 N–H and O–H groups in total. The van der Waals surface area contributed by atoms with Gasteiger partial charge in [-0.1, -0.05) is 19.1 Å². The van der Waals surface area contributed by atoms with E-state index in [0.717, 1.165) is 19.3 Å². The normalized spacial score (nSPS) is 13.1.